The van der Waals surface area contributed by atoms with Crippen molar-refractivity contribution in [3.63, 3.8) is 0 Å². The van der Waals surface area contributed by atoms with Crippen LogP contribution in [0.1, 0.15) is 78.6 Å². The van der Waals surface area contributed by atoms with Crippen molar-refractivity contribution in [1.29, 1.82) is 0 Å². The van der Waals surface area contributed by atoms with Gasteiger partial charge in [0, 0.05) is 36.0 Å². The fourth-order valence-corrected chi connectivity index (χ4v) is 12.3. The summed E-state index contributed by atoms with van der Waals surface area (Å²) in [5, 5.41) is 21.8. The van der Waals surface area contributed by atoms with E-state index >= 15 is 0 Å². The van der Waals surface area contributed by atoms with Crippen LogP contribution in [0.15, 0.2) is 173 Å². The van der Waals surface area contributed by atoms with Crippen LogP contribution in [0.25, 0.3) is 0 Å². The quantitative estimate of drug-likeness (QED) is 0.0224. The molecule has 0 radical (unpaired) electrons. The number of aromatic nitrogens is 1. The molecular weight excluding hydrogens is 1030 g/mol. The monoisotopic (exact) mass is 1090 g/mol. The number of oxime groups is 1. The molecule has 0 aliphatic carbocycles. The molecule has 1 aromatic heterocycles. The standard InChI is InChI=1S/C56H56N6O6S2.C2HF3O2/c1-2-62(33-19-20-34-62)36-41-37-69-53-48(52(64)61(53)49(41)54(65)67-50(39-22-8-3-9-23-39)40-24-10-4-11-25-40)58-51(63)47(60-68-46-32-18-21-35-66-46)45-38-70-55(57-45)59-56(42-26-12-5-13-27-42,43-28-14-6-15-29-43)44-30-16-7-17-31-44;3-2(4,5)1(6)7/h3-17,22-31,38,46,48,50,53H,2,18-21,32-37H2,1H3,(H-,57,58,59,63);(H,6,7)/t46?,48?,53-;/m1./s1. The summed E-state index contributed by atoms with van der Waals surface area (Å²) in [4.78, 5) is 65.6. The second kappa shape index (κ2) is 24.3. The lowest BCUT2D eigenvalue weighted by Crippen LogP contribution is -2.71. The van der Waals surface area contributed by atoms with Gasteiger partial charge < -0.3 is 39.3 Å². The number of esters is 1. The van der Waals surface area contributed by atoms with Gasteiger partial charge in [-0.15, -0.1) is 23.1 Å². The number of nitrogens with zero attached hydrogens (tertiary/aromatic N) is 4. The molecule has 0 bridgehead atoms. The SMILES string of the molecule is CC[N+]1(CC2=C(C(=O)OC(c3ccccc3)c3ccccc3)N3C(=O)C(NC(=O)C(=NOC4CCCCO4)c4csc(NC(c5ccccc5)(c5ccccc5)c5ccccc5)n4)[C@H]3SC2)CCCC1.O=C([O-])C(F)(F)F. The number of aliphatic carboxylic acids is 1. The number of halogens is 3. The van der Waals surface area contributed by atoms with E-state index in [0.717, 1.165) is 83.2 Å². The van der Waals surface area contributed by atoms with Gasteiger partial charge in [-0.2, -0.15) is 13.2 Å². The lowest BCUT2D eigenvalue weighted by molar-refractivity contribution is -0.910. The zero-order valence-electron chi connectivity index (χ0n) is 42.1. The number of thioether (sulfide) groups is 1. The minimum atomic E-state index is -5.19. The summed E-state index contributed by atoms with van der Waals surface area (Å²) in [6.07, 6.45) is -1.88. The van der Waals surface area contributed by atoms with Gasteiger partial charge in [0.2, 0.25) is 6.29 Å². The Morgan fingerprint density at radius 1 is 0.818 bits per heavy atom. The molecule has 4 aliphatic heterocycles. The molecule has 14 nitrogen and oxygen atoms in total. The van der Waals surface area contributed by atoms with E-state index in [0.29, 0.717) is 30.5 Å². The van der Waals surface area contributed by atoms with Crippen LogP contribution in [0.4, 0.5) is 18.3 Å². The van der Waals surface area contributed by atoms with Crippen LogP contribution >= 0.6 is 23.1 Å². The van der Waals surface area contributed by atoms with Gasteiger partial charge in [-0.25, -0.2) is 9.78 Å². The van der Waals surface area contributed by atoms with Gasteiger partial charge in [0.1, 0.15) is 40.9 Å². The Morgan fingerprint density at radius 3 is 1.84 bits per heavy atom. The zero-order chi connectivity index (χ0) is 54.0. The number of fused-ring (bicyclic) bond motifs is 1. The first kappa shape index (κ1) is 54.5. The number of alkyl halides is 3. The summed E-state index contributed by atoms with van der Waals surface area (Å²) >= 11 is 2.88. The number of quaternary nitrogens is 1. The van der Waals surface area contributed by atoms with Gasteiger partial charge in [-0.3, -0.25) is 14.5 Å². The number of β-lactam (4-membered cyclic amide) rings is 1. The number of rotatable bonds is 17. The number of likely N-dealkylation sites (N-methyl/N-ethyl adjacent to an activating group) is 1. The van der Waals surface area contributed by atoms with Crippen molar-refractivity contribution >= 4 is 57.7 Å². The van der Waals surface area contributed by atoms with Crippen molar-refractivity contribution in [3.8, 4) is 0 Å². The highest BCUT2D eigenvalue weighted by molar-refractivity contribution is 8.00. The normalized spacial score (nSPS) is 19.3. The maximum Gasteiger partial charge on any atom is 0.430 e. The molecular formula is C58H57F3N6O8S2. The summed E-state index contributed by atoms with van der Waals surface area (Å²) in [6, 6.07) is 49.0. The van der Waals surface area contributed by atoms with Crippen molar-refractivity contribution in [2.45, 2.75) is 74.6 Å². The second-order valence-electron chi connectivity index (χ2n) is 19.0. The van der Waals surface area contributed by atoms with Crippen molar-refractivity contribution in [2.75, 3.05) is 43.9 Å². The molecule has 400 valence electrons. The number of thiazole rings is 1. The molecule has 0 spiro atoms. The average Bonchev–Trinajstić information content (AvgIpc) is 4.21. The summed E-state index contributed by atoms with van der Waals surface area (Å²) in [5.74, 6) is -4.10. The van der Waals surface area contributed by atoms with E-state index in [-0.39, 0.29) is 17.1 Å². The summed E-state index contributed by atoms with van der Waals surface area (Å²) < 4.78 is 44.7. The van der Waals surface area contributed by atoms with E-state index in [1.54, 1.807) is 22.0 Å². The largest absolute Gasteiger partial charge is 0.542 e. The minimum absolute atomic E-state index is 0.0943. The van der Waals surface area contributed by atoms with E-state index < -0.39 is 59.3 Å². The maximum atomic E-state index is 14.9. The number of anilines is 1. The van der Waals surface area contributed by atoms with Gasteiger partial charge in [0.25, 0.3) is 11.8 Å². The lowest BCUT2D eigenvalue weighted by atomic mass is 9.77. The number of nitrogens with one attached hydrogen (secondary N) is 2. The van der Waals surface area contributed by atoms with Crippen LogP contribution in [-0.2, 0) is 39.0 Å². The van der Waals surface area contributed by atoms with Gasteiger partial charge >= 0.3 is 12.1 Å². The molecule has 2 amide bonds. The first-order chi connectivity index (χ1) is 37.3. The Balaban J connectivity index is 0.000000967. The predicted molar refractivity (Wildman–Crippen MR) is 285 cm³/mol. The third-order valence-electron chi connectivity index (χ3n) is 14.2. The van der Waals surface area contributed by atoms with Crippen molar-refractivity contribution < 1.29 is 56.3 Å². The van der Waals surface area contributed by atoms with Crippen LogP contribution in [0.3, 0.4) is 0 Å². The topological polar surface area (TPSA) is 172 Å². The molecule has 5 heterocycles. The average molecular weight is 1090 g/mol. The van der Waals surface area contributed by atoms with Crippen LogP contribution in [-0.4, -0.2) is 106 Å². The zero-order valence-corrected chi connectivity index (χ0v) is 43.7. The Hall–Kier alpha value is -7.32. The Morgan fingerprint density at radius 2 is 1.35 bits per heavy atom. The highest BCUT2D eigenvalue weighted by Gasteiger charge is 2.56. The maximum absolute atomic E-state index is 14.9. The summed E-state index contributed by atoms with van der Waals surface area (Å²) in [6.45, 7) is 6.29. The molecule has 6 aromatic rings. The fraction of sp³-hybridized carbons (Fsp3) is 0.310. The third-order valence-corrected chi connectivity index (χ3v) is 16.3. The van der Waals surface area contributed by atoms with Crippen molar-refractivity contribution in [3.05, 3.63) is 202 Å². The molecule has 4 aliphatic rings. The van der Waals surface area contributed by atoms with E-state index in [4.69, 9.17) is 29.2 Å². The van der Waals surface area contributed by atoms with Gasteiger partial charge in [0.15, 0.2) is 16.9 Å². The predicted octanol–water partition coefficient (Wildman–Crippen LogP) is 8.71. The number of hydrogen-bond acceptors (Lipinski definition) is 13. The Labute approximate surface area is 452 Å². The van der Waals surface area contributed by atoms with Crippen molar-refractivity contribution in [2.24, 2.45) is 5.16 Å². The number of carbonyl (C=O) groups excluding carboxylic acids is 4. The fourth-order valence-electron chi connectivity index (χ4n) is 10.2. The molecule has 5 aromatic carbocycles. The number of amides is 2. The van der Waals surface area contributed by atoms with Gasteiger partial charge in [0.05, 0.1) is 26.2 Å². The van der Waals surface area contributed by atoms with Crippen LogP contribution in [0, 0.1) is 0 Å². The van der Waals surface area contributed by atoms with E-state index in [2.05, 4.69) is 59.1 Å². The highest BCUT2D eigenvalue weighted by Crippen LogP contribution is 2.44. The number of carboxylic acids is 1. The third kappa shape index (κ3) is 12.3. The van der Waals surface area contributed by atoms with Crippen LogP contribution in [0.2, 0.25) is 0 Å². The van der Waals surface area contributed by atoms with Gasteiger partial charge in [-0.05, 0) is 47.6 Å². The summed E-state index contributed by atoms with van der Waals surface area (Å²) in [7, 11) is 0. The van der Waals surface area contributed by atoms with Gasteiger partial charge in [-0.1, -0.05) is 157 Å². The molecule has 3 fully saturated rings. The number of likely N-dealkylation sites (tertiary alicyclic amines) is 1. The smallest absolute Gasteiger partial charge is 0.430 e. The molecule has 3 saturated heterocycles. The molecule has 0 saturated carbocycles. The molecule has 2 N–H and O–H groups in total. The Kier molecular flexibility index (Phi) is 17.2. The number of hydrogen-bond donors (Lipinski definition) is 2. The van der Waals surface area contributed by atoms with E-state index in [1.165, 1.54) is 11.3 Å². The van der Waals surface area contributed by atoms with Crippen LogP contribution in [0.5, 0.6) is 0 Å². The minimum Gasteiger partial charge on any atom is -0.542 e. The second-order valence-corrected chi connectivity index (χ2v) is 21.0. The lowest BCUT2D eigenvalue weighted by Gasteiger charge is -2.50. The number of benzene rings is 5. The first-order valence-corrected chi connectivity index (χ1v) is 27.4. The molecule has 77 heavy (non-hydrogen) atoms. The first-order valence-electron chi connectivity index (χ1n) is 25.5. The molecule has 10 rings (SSSR count). The number of ether oxygens (including phenoxy) is 2. The summed E-state index contributed by atoms with van der Waals surface area (Å²) in [5.41, 5.74) is 5.09. The van der Waals surface area contributed by atoms with E-state index in [1.807, 2.05) is 115 Å². The molecule has 3 atom stereocenters. The Bertz CT molecular complexity index is 2910. The number of carbonyl (C=O) groups is 4. The molecule has 19 heteroatoms. The van der Waals surface area contributed by atoms with Crippen molar-refractivity contribution in [1.82, 2.24) is 15.2 Å². The van der Waals surface area contributed by atoms with Crippen LogP contribution < -0.4 is 15.7 Å². The molecule has 2 unspecified atom stereocenters. The van der Waals surface area contributed by atoms with E-state index in [9.17, 15) is 27.6 Å². The number of carboxylic acid groups (broad SMARTS) is 1. The highest BCUT2D eigenvalue weighted by atomic mass is 32.2.